The Morgan fingerprint density at radius 1 is 1.19 bits per heavy atom. The molecule has 0 radical (unpaired) electrons. The lowest BCUT2D eigenvalue weighted by Crippen LogP contribution is -2.31. The monoisotopic (exact) mass is 368 g/mol. The van der Waals surface area contributed by atoms with E-state index in [4.69, 9.17) is 4.74 Å². The second kappa shape index (κ2) is 8.58. The number of nitrogens with one attached hydrogen (secondary N) is 2. The first-order chi connectivity index (χ1) is 12.7. The van der Waals surface area contributed by atoms with Crippen LogP contribution in [0.3, 0.4) is 0 Å². The van der Waals surface area contributed by atoms with Crippen molar-refractivity contribution in [3.05, 3.63) is 66.7 Å². The minimum Gasteiger partial charge on any atom is -0.488 e. The molecule has 1 unspecified atom stereocenters. The van der Waals surface area contributed by atoms with E-state index in [-0.39, 0.29) is 17.9 Å². The lowest BCUT2D eigenvalue weighted by Gasteiger charge is -2.25. The van der Waals surface area contributed by atoms with E-state index in [1.807, 2.05) is 18.2 Å². The maximum absolute atomic E-state index is 12.2. The molecule has 1 aliphatic rings. The first kappa shape index (κ1) is 18.1. The Hall–Kier alpha value is -2.73. The van der Waals surface area contributed by atoms with Crippen molar-refractivity contribution in [3.63, 3.8) is 0 Å². The van der Waals surface area contributed by atoms with Crippen molar-refractivity contribution in [1.82, 2.24) is 5.32 Å². The maximum atomic E-state index is 12.2. The third kappa shape index (κ3) is 4.67. The van der Waals surface area contributed by atoms with Gasteiger partial charge in [0.1, 0.15) is 11.9 Å². The highest BCUT2D eigenvalue weighted by molar-refractivity contribution is 7.99. The van der Waals surface area contributed by atoms with Crippen molar-refractivity contribution < 1.29 is 14.3 Å². The number of hydrogen-bond donors (Lipinski definition) is 2. The number of anilines is 1. The standard InChI is InChI=1S/C20H20N2O3S/c1-2-19(23)22-15-9-7-14(8-10-15)20(24)21-12-11-16-13-26-18-6-4-3-5-17(18)25-16/h2-10,16H,1,11-13H2,(H,21,24)(H,22,23). The molecule has 0 spiro atoms. The van der Waals surface area contributed by atoms with Gasteiger partial charge in [-0.1, -0.05) is 18.7 Å². The van der Waals surface area contributed by atoms with Crippen LogP contribution in [0.15, 0.2) is 66.1 Å². The van der Waals surface area contributed by atoms with Crippen LogP contribution in [-0.2, 0) is 4.79 Å². The van der Waals surface area contributed by atoms with Gasteiger partial charge in [-0.3, -0.25) is 9.59 Å². The van der Waals surface area contributed by atoms with Gasteiger partial charge < -0.3 is 15.4 Å². The summed E-state index contributed by atoms with van der Waals surface area (Å²) in [7, 11) is 0. The quantitative estimate of drug-likeness (QED) is 0.766. The molecule has 1 aliphatic heterocycles. The van der Waals surface area contributed by atoms with E-state index < -0.39 is 0 Å². The second-order valence-electron chi connectivity index (χ2n) is 5.81. The summed E-state index contributed by atoms with van der Waals surface area (Å²) in [4.78, 5) is 24.6. The van der Waals surface area contributed by atoms with Gasteiger partial charge in [0.05, 0.1) is 0 Å². The van der Waals surface area contributed by atoms with Crippen LogP contribution in [0, 0.1) is 0 Å². The summed E-state index contributed by atoms with van der Waals surface area (Å²) in [6.07, 6.45) is 2.04. The smallest absolute Gasteiger partial charge is 0.251 e. The number of rotatable bonds is 6. The third-order valence-corrected chi connectivity index (χ3v) is 5.11. The Morgan fingerprint density at radius 3 is 2.73 bits per heavy atom. The molecular weight excluding hydrogens is 348 g/mol. The van der Waals surface area contributed by atoms with Gasteiger partial charge in [-0.15, -0.1) is 11.8 Å². The van der Waals surface area contributed by atoms with Gasteiger partial charge in [0.15, 0.2) is 0 Å². The van der Waals surface area contributed by atoms with Gasteiger partial charge >= 0.3 is 0 Å². The molecule has 6 heteroatoms. The Balaban J connectivity index is 1.46. The number of thioether (sulfide) groups is 1. The molecule has 0 saturated heterocycles. The van der Waals surface area contributed by atoms with Crippen LogP contribution in [0.5, 0.6) is 5.75 Å². The van der Waals surface area contributed by atoms with E-state index in [1.165, 1.54) is 6.08 Å². The topological polar surface area (TPSA) is 67.4 Å². The van der Waals surface area contributed by atoms with Crippen LogP contribution in [0.2, 0.25) is 0 Å². The molecule has 3 rings (SSSR count). The largest absolute Gasteiger partial charge is 0.488 e. The average molecular weight is 368 g/mol. The number of hydrogen-bond acceptors (Lipinski definition) is 4. The maximum Gasteiger partial charge on any atom is 0.251 e. The van der Waals surface area contributed by atoms with Crippen molar-refractivity contribution in [1.29, 1.82) is 0 Å². The number of carbonyl (C=O) groups excluding carboxylic acids is 2. The minimum atomic E-state index is -0.283. The average Bonchev–Trinajstić information content (AvgIpc) is 2.68. The van der Waals surface area contributed by atoms with Crippen LogP contribution in [0.4, 0.5) is 5.69 Å². The zero-order valence-corrected chi connectivity index (χ0v) is 15.1. The normalized spacial score (nSPS) is 15.3. The molecule has 2 aromatic rings. The molecule has 2 amide bonds. The summed E-state index contributed by atoms with van der Waals surface area (Å²) in [5.74, 6) is 1.37. The summed E-state index contributed by atoms with van der Waals surface area (Å²) < 4.78 is 5.96. The predicted octanol–water partition coefficient (Wildman–Crippen LogP) is 3.48. The molecule has 2 N–H and O–H groups in total. The molecule has 26 heavy (non-hydrogen) atoms. The summed E-state index contributed by atoms with van der Waals surface area (Å²) >= 11 is 1.78. The Bertz CT molecular complexity index is 805. The zero-order chi connectivity index (χ0) is 18.4. The number of para-hydroxylation sites is 1. The van der Waals surface area contributed by atoms with E-state index in [0.717, 1.165) is 22.8 Å². The van der Waals surface area contributed by atoms with Gasteiger partial charge in [0, 0.05) is 34.9 Å². The highest BCUT2D eigenvalue weighted by Crippen LogP contribution is 2.35. The van der Waals surface area contributed by atoms with Crippen molar-refractivity contribution in [3.8, 4) is 5.75 Å². The fraction of sp³-hybridized carbons (Fsp3) is 0.200. The SMILES string of the molecule is C=CC(=O)Nc1ccc(C(=O)NCCC2CSc3ccccc3O2)cc1. The summed E-state index contributed by atoms with van der Waals surface area (Å²) in [6.45, 7) is 3.94. The van der Waals surface area contributed by atoms with Crippen molar-refractivity contribution >= 4 is 29.3 Å². The van der Waals surface area contributed by atoms with Crippen LogP contribution >= 0.6 is 11.8 Å². The van der Waals surface area contributed by atoms with E-state index in [1.54, 1.807) is 36.0 Å². The number of ether oxygens (including phenoxy) is 1. The van der Waals surface area contributed by atoms with E-state index in [9.17, 15) is 9.59 Å². The van der Waals surface area contributed by atoms with Gasteiger partial charge in [-0.2, -0.15) is 0 Å². The molecule has 0 aromatic heterocycles. The molecular formula is C20H20N2O3S. The van der Waals surface area contributed by atoms with Crippen molar-refractivity contribution in [2.45, 2.75) is 17.4 Å². The Labute approximate surface area is 156 Å². The van der Waals surface area contributed by atoms with Gasteiger partial charge in [-0.25, -0.2) is 0 Å². The first-order valence-corrected chi connectivity index (χ1v) is 9.34. The molecule has 5 nitrogen and oxygen atoms in total. The molecule has 0 saturated carbocycles. The van der Waals surface area contributed by atoms with Gasteiger partial charge in [-0.05, 0) is 42.5 Å². The number of carbonyl (C=O) groups is 2. The molecule has 1 heterocycles. The summed E-state index contributed by atoms with van der Waals surface area (Å²) in [5.41, 5.74) is 1.17. The van der Waals surface area contributed by atoms with E-state index >= 15 is 0 Å². The minimum absolute atomic E-state index is 0.0895. The second-order valence-corrected chi connectivity index (χ2v) is 6.87. The predicted molar refractivity (Wildman–Crippen MR) is 104 cm³/mol. The van der Waals surface area contributed by atoms with Crippen LogP contribution < -0.4 is 15.4 Å². The fourth-order valence-electron chi connectivity index (χ4n) is 2.55. The summed E-state index contributed by atoms with van der Waals surface area (Å²) in [5, 5.41) is 5.55. The first-order valence-electron chi connectivity index (χ1n) is 8.36. The number of benzene rings is 2. The Kier molecular flexibility index (Phi) is 5.96. The van der Waals surface area contributed by atoms with Crippen molar-refractivity contribution in [2.24, 2.45) is 0 Å². The van der Waals surface area contributed by atoms with Crippen molar-refractivity contribution in [2.75, 3.05) is 17.6 Å². The van der Waals surface area contributed by atoms with Crippen LogP contribution in [-0.4, -0.2) is 30.2 Å². The molecule has 2 aromatic carbocycles. The van der Waals surface area contributed by atoms with E-state index in [0.29, 0.717) is 17.8 Å². The molecule has 0 fully saturated rings. The third-order valence-electron chi connectivity index (χ3n) is 3.92. The van der Waals surface area contributed by atoms with Gasteiger partial charge in [0.25, 0.3) is 5.91 Å². The lowest BCUT2D eigenvalue weighted by atomic mass is 10.2. The lowest BCUT2D eigenvalue weighted by molar-refractivity contribution is -0.111. The zero-order valence-electron chi connectivity index (χ0n) is 14.2. The van der Waals surface area contributed by atoms with Crippen LogP contribution in [0.1, 0.15) is 16.8 Å². The molecule has 1 atom stereocenters. The number of amides is 2. The highest BCUT2D eigenvalue weighted by Gasteiger charge is 2.19. The Morgan fingerprint density at radius 2 is 1.96 bits per heavy atom. The number of fused-ring (bicyclic) bond motifs is 1. The molecule has 0 aliphatic carbocycles. The fourth-order valence-corrected chi connectivity index (χ4v) is 3.59. The van der Waals surface area contributed by atoms with Crippen LogP contribution in [0.25, 0.3) is 0 Å². The van der Waals surface area contributed by atoms with Gasteiger partial charge in [0.2, 0.25) is 5.91 Å². The molecule has 0 bridgehead atoms. The summed E-state index contributed by atoms with van der Waals surface area (Å²) in [6, 6.07) is 14.7. The molecule has 134 valence electrons. The van der Waals surface area contributed by atoms with E-state index in [2.05, 4.69) is 23.3 Å². The highest BCUT2D eigenvalue weighted by atomic mass is 32.2.